The van der Waals surface area contributed by atoms with Gasteiger partial charge in [0.05, 0.1) is 6.61 Å². The molecule has 1 aromatic carbocycles. The van der Waals surface area contributed by atoms with Crippen LogP contribution in [-0.2, 0) is 13.6 Å². The molecule has 1 saturated heterocycles. The summed E-state index contributed by atoms with van der Waals surface area (Å²) >= 11 is 0. The fourth-order valence-electron chi connectivity index (χ4n) is 2.93. The zero-order chi connectivity index (χ0) is 24.5. The average Bonchev–Trinajstić information content (AvgIpc) is 2.65. The van der Waals surface area contributed by atoms with E-state index in [0.717, 1.165) is 0 Å². The third-order valence-corrected chi connectivity index (χ3v) is 16.3. The highest BCUT2D eigenvalue weighted by Crippen LogP contribution is 2.40. The van der Waals surface area contributed by atoms with Crippen LogP contribution in [0.25, 0.3) is 0 Å². The molecular weight excluding hydrogens is 440 g/mol. The lowest BCUT2D eigenvalue weighted by Gasteiger charge is -2.48. The maximum atomic E-state index is 11.2. The maximum Gasteiger partial charge on any atom is 0.229 e. The minimum absolute atomic E-state index is 0.0309. The molecule has 0 unspecified atom stereocenters. The van der Waals surface area contributed by atoms with Gasteiger partial charge in [-0.3, -0.25) is 0 Å². The van der Waals surface area contributed by atoms with Crippen molar-refractivity contribution in [1.29, 1.82) is 0 Å². The Bertz CT molecular complexity index is 726. The predicted molar refractivity (Wildman–Crippen MR) is 133 cm³/mol. The van der Waals surface area contributed by atoms with Crippen LogP contribution in [0, 0.1) is 0 Å². The Hall–Kier alpha value is -0.746. The van der Waals surface area contributed by atoms with Crippen molar-refractivity contribution in [1.82, 2.24) is 0 Å². The van der Waals surface area contributed by atoms with E-state index in [1.54, 1.807) is 0 Å². The smallest absolute Gasteiger partial charge is 0.229 e. The summed E-state index contributed by atoms with van der Waals surface area (Å²) in [6.07, 6.45) is -4.63. The highest BCUT2D eigenvalue weighted by atomic mass is 28.4. The van der Waals surface area contributed by atoms with Crippen molar-refractivity contribution in [3.05, 3.63) is 30.3 Å². The molecule has 0 spiro atoms. The largest absolute Gasteiger partial charge is 0.462 e. The Balaban J connectivity index is 2.28. The summed E-state index contributed by atoms with van der Waals surface area (Å²) < 4.78 is 24.9. The van der Waals surface area contributed by atoms with Crippen molar-refractivity contribution < 1.29 is 28.5 Å². The SMILES string of the molecule is CC(C)(C)[Si](C)(C)OC[C@H]1O[C@@H](Oc2ccccc2)[C@H](O)[C@@H](O[Si](C)(C)C(C)(C)C)[C@@H]1O. The van der Waals surface area contributed by atoms with Crippen molar-refractivity contribution in [2.75, 3.05) is 6.61 Å². The minimum atomic E-state index is -2.28. The fourth-order valence-corrected chi connectivity index (χ4v) is 5.26. The summed E-state index contributed by atoms with van der Waals surface area (Å²) in [5.74, 6) is 0.586. The second kappa shape index (κ2) is 9.86. The van der Waals surface area contributed by atoms with Crippen LogP contribution in [0.4, 0.5) is 0 Å². The van der Waals surface area contributed by atoms with Crippen molar-refractivity contribution in [2.45, 2.75) is 109 Å². The van der Waals surface area contributed by atoms with Gasteiger partial charge in [-0.25, -0.2) is 0 Å². The molecule has 2 rings (SSSR count). The summed E-state index contributed by atoms with van der Waals surface area (Å²) in [6.45, 7) is 21.7. The van der Waals surface area contributed by atoms with Crippen LogP contribution >= 0.6 is 0 Å². The first kappa shape index (κ1) is 27.5. The molecule has 0 aromatic heterocycles. The topological polar surface area (TPSA) is 77.4 Å². The zero-order valence-corrected chi connectivity index (χ0v) is 23.5. The molecule has 32 heavy (non-hydrogen) atoms. The number of ether oxygens (including phenoxy) is 2. The molecule has 184 valence electrons. The third-order valence-electron chi connectivity index (χ3n) is 7.29. The second-order valence-electron chi connectivity index (χ2n) is 11.9. The molecule has 0 saturated carbocycles. The van der Waals surface area contributed by atoms with Gasteiger partial charge < -0.3 is 28.5 Å². The van der Waals surface area contributed by atoms with E-state index in [2.05, 4.69) is 67.7 Å². The van der Waals surface area contributed by atoms with Crippen LogP contribution in [0.15, 0.2) is 30.3 Å². The Morgan fingerprint density at radius 3 is 1.88 bits per heavy atom. The van der Waals surface area contributed by atoms with Gasteiger partial charge in [0.1, 0.15) is 30.2 Å². The van der Waals surface area contributed by atoms with Crippen LogP contribution in [0.2, 0.25) is 36.3 Å². The molecule has 0 amide bonds. The first-order valence-electron chi connectivity index (χ1n) is 11.5. The van der Waals surface area contributed by atoms with Gasteiger partial charge in [0.15, 0.2) is 16.6 Å². The highest BCUT2D eigenvalue weighted by Gasteiger charge is 2.51. The fraction of sp³-hybridized carbons (Fsp3) is 0.750. The number of aliphatic hydroxyl groups excluding tert-OH is 2. The van der Waals surface area contributed by atoms with Gasteiger partial charge in [-0.05, 0) is 48.4 Å². The van der Waals surface area contributed by atoms with Gasteiger partial charge in [-0.15, -0.1) is 0 Å². The van der Waals surface area contributed by atoms with E-state index in [9.17, 15) is 10.2 Å². The van der Waals surface area contributed by atoms with Crippen LogP contribution in [0.5, 0.6) is 5.75 Å². The number of benzene rings is 1. The molecule has 6 nitrogen and oxygen atoms in total. The van der Waals surface area contributed by atoms with Crippen molar-refractivity contribution in [3.8, 4) is 5.75 Å². The molecule has 8 heteroatoms. The summed E-state index contributed by atoms with van der Waals surface area (Å²) in [7, 11) is -4.34. The monoisotopic (exact) mass is 484 g/mol. The average molecular weight is 485 g/mol. The first-order valence-corrected chi connectivity index (χ1v) is 17.3. The molecule has 0 bridgehead atoms. The van der Waals surface area contributed by atoms with Gasteiger partial charge in [0.25, 0.3) is 0 Å². The predicted octanol–water partition coefficient (Wildman–Crippen LogP) is 4.92. The van der Waals surface area contributed by atoms with E-state index < -0.39 is 47.3 Å². The van der Waals surface area contributed by atoms with E-state index in [0.29, 0.717) is 5.75 Å². The standard InChI is InChI=1S/C24H44O6Si2/c1-23(2,3)31(7,8)27-16-18-19(25)21(30-32(9,10)24(4,5)6)20(26)22(29-18)28-17-14-12-11-13-15-17/h11-15,18-22,25-26H,16H2,1-10H3/t18-,19-,20-,21+,22-/m1/s1. The van der Waals surface area contributed by atoms with Gasteiger partial charge in [-0.2, -0.15) is 0 Å². The molecule has 1 heterocycles. The second-order valence-corrected chi connectivity index (χ2v) is 21.4. The van der Waals surface area contributed by atoms with Gasteiger partial charge in [0, 0.05) is 0 Å². The number of para-hydroxylation sites is 1. The molecular formula is C24H44O6Si2. The van der Waals surface area contributed by atoms with Crippen molar-refractivity contribution in [2.24, 2.45) is 0 Å². The van der Waals surface area contributed by atoms with E-state index >= 15 is 0 Å². The molecule has 1 aliphatic rings. The molecule has 1 aliphatic heterocycles. The van der Waals surface area contributed by atoms with Crippen LogP contribution in [-0.4, -0.2) is 64.2 Å². The van der Waals surface area contributed by atoms with E-state index in [1.165, 1.54) is 0 Å². The Labute approximate surface area is 196 Å². The van der Waals surface area contributed by atoms with Crippen molar-refractivity contribution >= 4 is 16.6 Å². The highest BCUT2D eigenvalue weighted by molar-refractivity contribution is 6.74. The van der Waals surface area contributed by atoms with Gasteiger partial charge in [-0.1, -0.05) is 59.7 Å². The molecule has 1 fully saturated rings. The summed E-state index contributed by atoms with van der Waals surface area (Å²) in [6, 6.07) is 9.24. The summed E-state index contributed by atoms with van der Waals surface area (Å²) in [5.41, 5.74) is 0. The van der Waals surface area contributed by atoms with E-state index in [1.807, 2.05) is 30.3 Å². The van der Waals surface area contributed by atoms with Crippen molar-refractivity contribution in [3.63, 3.8) is 0 Å². The first-order chi connectivity index (χ1) is 14.5. The Kier molecular flexibility index (Phi) is 8.47. The lowest BCUT2D eigenvalue weighted by Crippen LogP contribution is -2.64. The third kappa shape index (κ3) is 6.43. The normalized spacial score (nSPS) is 27.9. The molecule has 0 radical (unpaired) electrons. The van der Waals surface area contributed by atoms with Crippen LogP contribution < -0.4 is 4.74 Å². The lowest BCUT2D eigenvalue weighted by atomic mass is 9.99. The summed E-state index contributed by atoms with van der Waals surface area (Å²) in [5, 5.41) is 22.3. The number of hydrogen-bond acceptors (Lipinski definition) is 6. The Morgan fingerprint density at radius 2 is 1.38 bits per heavy atom. The molecule has 1 aromatic rings. The molecule has 2 N–H and O–H groups in total. The molecule has 0 aliphatic carbocycles. The lowest BCUT2D eigenvalue weighted by molar-refractivity contribution is -0.273. The quantitative estimate of drug-likeness (QED) is 0.535. The van der Waals surface area contributed by atoms with Gasteiger partial charge >= 0.3 is 0 Å². The van der Waals surface area contributed by atoms with Crippen LogP contribution in [0.1, 0.15) is 41.5 Å². The van der Waals surface area contributed by atoms with Crippen LogP contribution in [0.3, 0.4) is 0 Å². The van der Waals surface area contributed by atoms with E-state index in [4.69, 9.17) is 18.3 Å². The Morgan fingerprint density at radius 1 is 0.844 bits per heavy atom. The molecule has 5 atom stereocenters. The van der Waals surface area contributed by atoms with E-state index in [-0.39, 0.29) is 16.7 Å². The summed E-state index contributed by atoms with van der Waals surface area (Å²) in [4.78, 5) is 0. The number of rotatable bonds is 7. The maximum absolute atomic E-state index is 11.2. The number of aliphatic hydroxyl groups is 2. The zero-order valence-electron chi connectivity index (χ0n) is 21.5. The number of hydrogen-bond donors (Lipinski definition) is 2. The minimum Gasteiger partial charge on any atom is -0.462 e. The van der Waals surface area contributed by atoms with Gasteiger partial charge in [0.2, 0.25) is 6.29 Å².